The Morgan fingerprint density at radius 2 is 2.28 bits per heavy atom. The molecule has 1 atom stereocenters. The van der Waals surface area contributed by atoms with Crippen molar-refractivity contribution in [2.45, 2.75) is 26.2 Å². The van der Waals surface area contributed by atoms with Gasteiger partial charge in [-0.2, -0.15) is 5.10 Å². The molecule has 0 bridgehead atoms. The number of hydrogen-bond donors (Lipinski definition) is 4. The van der Waals surface area contributed by atoms with E-state index in [1.165, 1.54) is 11.0 Å². The highest BCUT2D eigenvalue weighted by Gasteiger charge is 2.28. The highest BCUT2D eigenvalue weighted by atomic mass is 16.6. The zero-order valence-corrected chi connectivity index (χ0v) is 15.9. The summed E-state index contributed by atoms with van der Waals surface area (Å²) in [6.07, 6.45) is 4.95. The predicted molar refractivity (Wildman–Crippen MR) is 108 cm³/mol. The van der Waals surface area contributed by atoms with Gasteiger partial charge in [-0.1, -0.05) is 6.92 Å². The van der Waals surface area contributed by atoms with Crippen molar-refractivity contribution in [3.05, 3.63) is 52.1 Å². The molecule has 2 heterocycles. The predicted octanol–water partition coefficient (Wildman–Crippen LogP) is 1.51. The number of aryl methyl sites for hydroxylation is 1. The van der Waals surface area contributed by atoms with E-state index in [9.17, 15) is 14.9 Å². The molecule has 152 valence electrons. The largest absolute Gasteiger partial charge is 0.370 e. The molecular formula is C18H22N8O3. The van der Waals surface area contributed by atoms with Gasteiger partial charge in [-0.05, 0) is 25.0 Å². The molecule has 0 aliphatic carbocycles. The van der Waals surface area contributed by atoms with E-state index < -0.39 is 4.92 Å². The second-order valence-corrected chi connectivity index (χ2v) is 6.80. The Morgan fingerprint density at radius 3 is 2.90 bits per heavy atom. The number of imidazole rings is 1. The van der Waals surface area contributed by atoms with Gasteiger partial charge in [0.1, 0.15) is 0 Å². The maximum atomic E-state index is 11.7. The molecule has 1 aliphatic rings. The molecule has 3 rings (SSSR count). The molecule has 0 saturated carbocycles. The summed E-state index contributed by atoms with van der Waals surface area (Å²) < 4.78 is 0. The van der Waals surface area contributed by atoms with E-state index in [1.54, 1.807) is 31.6 Å². The topological polar surface area (TPSA) is 166 Å². The first kappa shape index (κ1) is 20.0. The first-order chi connectivity index (χ1) is 13.9. The van der Waals surface area contributed by atoms with Crippen LogP contribution < -0.4 is 16.1 Å². The molecule has 11 heteroatoms. The van der Waals surface area contributed by atoms with Crippen molar-refractivity contribution < 1.29 is 9.72 Å². The number of amides is 1. The molecule has 0 spiro atoms. The first-order valence-corrected chi connectivity index (χ1v) is 9.11. The number of anilines is 1. The monoisotopic (exact) mass is 398 g/mol. The molecule has 5 N–H and O–H groups in total. The number of guanidine groups is 1. The van der Waals surface area contributed by atoms with Crippen LogP contribution in [0.2, 0.25) is 0 Å². The van der Waals surface area contributed by atoms with Crippen molar-refractivity contribution in [2.75, 3.05) is 11.4 Å². The molecule has 1 unspecified atom stereocenters. The highest BCUT2D eigenvalue weighted by molar-refractivity contribution is 6.08. The molecule has 0 fully saturated rings. The fraction of sp³-hybridized carbons (Fsp3) is 0.333. The first-order valence-electron chi connectivity index (χ1n) is 9.11. The van der Waals surface area contributed by atoms with Crippen LogP contribution in [0.25, 0.3) is 0 Å². The third kappa shape index (κ3) is 4.57. The number of nitro benzene ring substituents is 1. The molecule has 0 saturated heterocycles. The summed E-state index contributed by atoms with van der Waals surface area (Å²) in [5.74, 6) is -0.670. The SMILES string of the molecule is CC1CC(=O)NN=C1c1ccc(N(CCCc2c[nH]cn2)C(=N)N)cc1[N+](=O)[O-]. The second kappa shape index (κ2) is 8.50. The van der Waals surface area contributed by atoms with Crippen LogP contribution in [0.4, 0.5) is 11.4 Å². The molecule has 0 radical (unpaired) electrons. The minimum Gasteiger partial charge on any atom is -0.370 e. The number of carbonyl (C=O) groups excluding carboxylic acids is 1. The van der Waals surface area contributed by atoms with Gasteiger partial charge in [0.15, 0.2) is 5.96 Å². The van der Waals surface area contributed by atoms with Crippen molar-refractivity contribution >= 4 is 29.0 Å². The van der Waals surface area contributed by atoms with Crippen LogP contribution in [0.3, 0.4) is 0 Å². The van der Waals surface area contributed by atoms with Gasteiger partial charge >= 0.3 is 0 Å². The standard InChI is InChI=1S/C18H22N8O3/c1-11-7-16(27)23-24-17(11)14-5-4-13(8-15(14)26(28)29)25(18(19)20)6-2-3-12-9-21-10-22-12/h4-5,8-11H,2-3,6-7H2,1H3,(H3,19,20)(H,21,22)(H,23,27). The third-order valence-electron chi connectivity index (χ3n) is 4.69. The molecule has 2 aromatic rings. The van der Waals surface area contributed by atoms with Crippen LogP contribution in [-0.4, -0.2) is 39.0 Å². The van der Waals surface area contributed by atoms with E-state index in [-0.39, 0.29) is 29.9 Å². The van der Waals surface area contributed by atoms with Crippen LogP contribution in [0.15, 0.2) is 35.8 Å². The molecule has 1 aromatic carbocycles. The van der Waals surface area contributed by atoms with Crippen molar-refractivity contribution in [3.8, 4) is 0 Å². The zero-order valence-electron chi connectivity index (χ0n) is 15.9. The number of H-pyrrole nitrogens is 1. The van der Waals surface area contributed by atoms with E-state index >= 15 is 0 Å². The summed E-state index contributed by atoms with van der Waals surface area (Å²) in [6, 6.07) is 4.64. The number of aromatic amines is 1. The average molecular weight is 398 g/mol. The van der Waals surface area contributed by atoms with Crippen LogP contribution in [0.5, 0.6) is 0 Å². The number of nitro groups is 1. The van der Waals surface area contributed by atoms with Gasteiger partial charge in [-0.3, -0.25) is 20.3 Å². The molecule has 1 amide bonds. The zero-order chi connectivity index (χ0) is 21.0. The number of nitrogens with one attached hydrogen (secondary N) is 3. The van der Waals surface area contributed by atoms with Gasteiger partial charge in [-0.25, -0.2) is 10.4 Å². The average Bonchev–Trinajstić information content (AvgIpc) is 3.18. The van der Waals surface area contributed by atoms with E-state index in [4.69, 9.17) is 11.1 Å². The summed E-state index contributed by atoms with van der Waals surface area (Å²) in [4.78, 5) is 31.2. The Hall–Kier alpha value is -3.76. The maximum Gasteiger partial charge on any atom is 0.280 e. The Bertz CT molecular complexity index is 954. The minimum atomic E-state index is -0.494. The fourth-order valence-electron chi connectivity index (χ4n) is 3.27. The number of nitrogens with zero attached hydrogens (tertiary/aromatic N) is 4. The Labute approximate surface area is 166 Å². The van der Waals surface area contributed by atoms with Crippen molar-refractivity contribution in [1.29, 1.82) is 5.41 Å². The number of hydrazone groups is 1. The number of nitrogens with two attached hydrogens (primary N) is 1. The van der Waals surface area contributed by atoms with Gasteiger partial charge in [0, 0.05) is 31.1 Å². The Kier molecular flexibility index (Phi) is 5.86. The molecular weight excluding hydrogens is 376 g/mol. The van der Waals surface area contributed by atoms with Gasteiger partial charge in [0.05, 0.1) is 33.9 Å². The lowest BCUT2D eigenvalue weighted by molar-refractivity contribution is -0.385. The molecule has 1 aliphatic heterocycles. The van der Waals surface area contributed by atoms with E-state index in [1.807, 2.05) is 0 Å². The number of benzene rings is 1. The number of rotatable bonds is 7. The summed E-state index contributed by atoms with van der Waals surface area (Å²) in [7, 11) is 0. The summed E-state index contributed by atoms with van der Waals surface area (Å²) in [5, 5.41) is 23.6. The summed E-state index contributed by atoms with van der Waals surface area (Å²) in [6.45, 7) is 2.21. The van der Waals surface area contributed by atoms with Gasteiger partial charge in [0.25, 0.3) is 5.69 Å². The van der Waals surface area contributed by atoms with Crippen LogP contribution in [0.1, 0.15) is 31.0 Å². The van der Waals surface area contributed by atoms with Gasteiger partial charge < -0.3 is 15.6 Å². The number of aromatic nitrogens is 2. The van der Waals surface area contributed by atoms with E-state index in [0.717, 1.165) is 5.69 Å². The quantitative estimate of drug-likeness (QED) is 0.239. The number of carbonyl (C=O) groups is 1. The molecule has 11 nitrogen and oxygen atoms in total. The normalized spacial score (nSPS) is 16.1. The third-order valence-corrected chi connectivity index (χ3v) is 4.69. The van der Waals surface area contributed by atoms with Crippen LogP contribution >= 0.6 is 0 Å². The van der Waals surface area contributed by atoms with Crippen LogP contribution in [-0.2, 0) is 11.2 Å². The maximum absolute atomic E-state index is 11.7. The summed E-state index contributed by atoms with van der Waals surface area (Å²) >= 11 is 0. The Balaban J connectivity index is 1.86. The van der Waals surface area contributed by atoms with Gasteiger partial charge in [-0.15, -0.1) is 0 Å². The Morgan fingerprint density at radius 1 is 1.48 bits per heavy atom. The minimum absolute atomic E-state index is 0.150. The molecule has 1 aromatic heterocycles. The van der Waals surface area contributed by atoms with Crippen molar-refractivity contribution in [2.24, 2.45) is 16.8 Å². The smallest absolute Gasteiger partial charge is 0.280 e. The van der Waals surface area contributed by atoms with E-state index in [2.05, 4.69) is 20.5 Å². The second-order valence-electron chi connectivity index (χ2n) is 6.80. The van der Waals surface area contributed by atoms with Crippen LogP contribution in [0, 0.1) is 21.4 Å². The number of hydrogen-bond acceptors (Lipinski definition) is 6. The molecule has 29 heavy (non-hydrogen) atoms. The van der Waals surface area contributed by atoms with E-state index in [0.29, 0.717) is 36.3 Å². The lowest BCUT2D eigenvalue weighted by atomic mass is 9.93. The van der Waals surface area contributed by atoms with Crippen molar-refractivity contribution in [1.82, 2.24) is 15.4 Å². The lowest BCUT2D eigenvalue weighted by Gasteiger charge is -2.24. The summed E-state index contributed by atoms with van der Waals surface area (Å²) in [5.41, 5.74) is 10.1. The highest BCUT2D eigenvalue weighted by Crippen LogP contribution is 2.29. The lowest BCUT2D eigenvalue weighted by Crippen LogP contribution is -2.37. The van der Waals surface area contributed by atoms with Gasteiger partial charge in [0.2, 0.25) is 5.91 Å². The van der Waals surface area contributed by atoms with Crippen molar-refractivity contribution in [3.63, 3.8) is 0 Å². The fourth-order valence-corrected chi connectivity index (χ4v) is 3.27.